The van der Waals surface area contributed by atoms with E-state index in [0.29, 0.717) is 11.3 Å². The molecule has 1 aliphatic heterocycles. The van der Waals surface area contributed by atoms with Gasteiger partial charge >= 0.3 is 0 Å². The number of imide groups is 1. The maximum absolute atomic E-state index is 12.6. The van der Waals surface area contributed by atoms with Gasteiger partial charge in [-0.25, -0.2) is 4.90 Å². The topological polar surface area (TPSA) is 37.4 Å². The number of carbonyl (C=O) groups is 2. The lowest BCUT2D eigenvalue weighted by Crippen LogP contribution is -2.42. The SMILES string of the molecule is CSc1ccccc1N1C(=O)Cc2ccccc2C1=O. The van der Waals surface area contributed by atoms with Crippen molar-refractivity contribution >= 4 is 29.3 Å². The van der Waals surface area contributed by atoms with Crippen LogP contribution >= 0.6 is 11.8 Å². The van der Waals surface area contributed by atoms with E-state index in [0.717, 1.165) is 10.5 Å². The van der Waals surface area contributed by atoms with Gasteiger partial charge in [0, 0.05) is 10.5 Å². The van der Waals surface area contributed by atoms with E-state index in [4.69, 9.17) is 0 Å². The van der Waals surface area contributed by atoms with Crippen LogP contribution in [0.2, 0.25) is 0 Å². The predicted octanol–water partition coefficient (Wildman–Crippen LogP) is 3.14. The van der Waals surface area contributed by atoms with Crippen LogP contribution in [0.4, 0.5) is 5.69 Å². The first-order valence-corrected chi connectivity index (χ1v) is 7.53. The average molecular weight is 283 g/mol. The molecule has 100 valence electrons. The predicted molar refractivity (Wildman–Crippen MR) is 80.2 cm³/mol. The Bertz CT molecular complexity index is 696. The Morgan fingerprint density at radius 2 is 1.70 bits per heavy atom. The Morgan fingerprint density at radius 3 is 2.50 bits per heavy atom. The van der Waals surface area contributed by atoms with Gasteiger partial charge in [0.05, 0.1) is 12.1 Å². The fourth-order valence-corrected chi connectivity index (χ4v) is 3.00. The van der Waals surface area contributed by atoms with E-state index in [9.17, 15) is 9.59 Å². The third-order valence-corrected chi connectivity index (χ3v) is 4.15. The minimum Gasteiger partial charge on any atom is -0.274 e. The minimum atomic E-state index is -0.238. The van der Waals surface area contributed by atoms with Crippen LogP contribution in [0.25, 0.3) is 0 Å². The Balaban J connectivity index is 2.11. The highest BCUT2D eigenvalue weighted by Crippen LogP contribution is 2.32. The third kappa shape index (κ3) is 2.02. The van der Waals surface area contributed by atoms with Crippen molar-refractivity contribution in [3.05, 3.63) is 59.7 Å². The number of rotatable bonds is 2. The summed E-state index contributed by atoms with van der Waals surface area (Å²) in [6.07, 6.45) is 2.20. The lowest BCUT2D eigenvalue weighted by Gasteiger charge is -2.28. The normalized spacial score (nSPS) is 14.3. The van der Waals surface area contributed by atoms with Gasteiger partial charge in [0.25, 0.3) is 5.91 Å². The van der Waals surface area contributed by atoms with Crippen LogP contribution in [-0.2, 0) is 11.2 Å². The highest BCUT2D eigenvalue weighted by Gasteiger charge is 2.32. The van der Waals surface area contributed by atoms with E-state index < -0.39 is 0 Å². The molecular weight excluding hydrogens is 270 g/mol. The highest BCUT2D eigenvalue weighted by atomic mass is 32.2. The maximum atomic E-state index is 12.6. The number of fused-ring (bicyclic) bond motifs is 1. The molecule has 3 nitrogen and oxygen atoms in total. The van der Waals surface area contributed by atoms with Crippen LogP contribution in [0.1, 0.15) is 15.9 Å². The van der Waals surface area contributed by atoms with Crippen LogP contribution in [0.3, 0.4) is 0 Å². The summed E-state index contributed by atoms with van der Waals surface area (Å²) in [4.78, 5) is 27.1. The molecule has 0 N–H and O–H groups in total. The standard InChI is InChI=1S/C16H13NO2S/c1-20-14-9-5-4-8-13(14)17-15(18)10-11-6-2-3-7-12(11)16(17)19/h2-9H,10H2,1H3. The Hall–Kier alpha value is -2.07. The van der Waals surface area contributed by atoms with Gasteiger partial charge in [-0.05, 0) is 30.0 Å². The van der Waals surface area contributed by atoms with Crippen LogP contribution in [-0.4, -0.2) is 18.1 Å². The van der Waals surface area contributed by atoms with Gasteiger partial charge < -0.3 is 0 Å². The minimum absolute atomic E-state index is 0.171. The molecule has 0 fully saturated rings. The molecule has 1 aliphatic rings. The molecule has 0 saturated heterocycles. The zero-order chi connectivity index (χ0) is 14.1. The number of para-hydroxylation sites is 1. The summed E-state index contributed by atoms with van der Waals surface area (Å²) in [6, 6.07) is 14.8. The molecule has 0 aliphatic carbocycles. The number of carbonyl (C=O) groups excluding carboxylic acids is 2. The van der Waals surface area contributed by atoms with Crippen molar-refractivity contribution in [1.29, 1.82) is 0 Å². The van der Waals surface area contributed by atoms with Gasteiger partial charge in [-0.15, -0.1) is 11.8 Å². The van der Waals surface area contributed by atoms with E-state index in [1.807, 2.05) is 48.7 Å². The first-order chi connectivity index (χ1) is 9.72. The van der Waals surface area contributed by atoms with E-state index in [1.54, 1.807) is 6.07 Å². The average Bonchev–Trinajstić information content (AvgIpc) is 2.48. The molecular formula is C16H13NO2S. The van der Waals surface area contributed by atoms with Crippen molar-refractivity contribution in [1.82, 2.24) is 0 Å². The number of amides is 2. The molecule has 2 aromatic carbocycles. The Morgan fingerprint density at radius 1 is 1.00 bits per heavy atom. The first-order valence-electron chi connectivity index (χ1n) is 6.30. The summed E-state index contributed by atoms with van der Waals surface area (Å²) < 4.78 is 0. The van der Waals surface area contributed by atoms with Gasteiger partial charge in [-0.3, -0.25) is 9.59 Å². The van der Waals surface area contributed by atoms with Crippen molar-refractivity contribution in [3.8, 4) is 0 Å². The Labute approximate surface area is 121 Å². The molecule has 0 saturated carbocycles. The summed E-state index contributed by atoms with van der Waals surface area (Å²) in [5.41, 5.74) is 2.09. The number of thioether (sulfide) groups is 1. The van der Waals surface area contributed by atoms with Crippen LogP contribution in [0, 0.1) is 0 Å². The van der Waals surface area contributed by atoms with Crippen molar-refractivity contribution in [2.24, 2.45) is 0 Å². The summed E-state index contributed by atoms with van der Waals surface area (Å²) in [6.45, 7) is 0. The second kappa shape index (κ2) is 5.13. The molecule has 0 bridgehead atoms. The molecule has 0 atom stereocenters. The van der Waals surface area contributed by atoms with Crippen molar-refractivity contribution in [2.75, 3.05) is 11.2 Å². The zero-order valence-corrected chi connectivity index (χ0v) is 11.8. The van der Waals surface area contributed by atoms with Crippen LogP contribution in [0.5, 0.6) is 0 Å². The van der Waals surface area contributed by atoms with Gasteiger partial charge in [0.1, 0.15) is 0 Å². The largest absolute Gasteiger partial charge is 0.274 e. The summed E-state index contributed by atoms with van der Waals surface area (Å²) in [5.74, 6) is -0.409. The van der Waals surface area contributed by atoms with Gasteiger partial charge in [-0.1, -0.05) is 30.3 Å². The maximum Gasteiger partial charge on any atom is 0.265 e. The smallest absolute Gasteiger partial charge is 0.265 e. The molecule has 20 heavy (non-hydrogen) atoms. The van der Waals surface area contributed by atoms with Gasteiger partial charge in [-0.2, -0.15) is 0 Å². The van der Waals surface area contributed by atoms with Crippen molar-refractivity contribution in [3.63, 3.8) is 0 Å². The van der Waals surface area contributed by atoms with E-state index in [-0.39, 0.29) is 18.2 Å². The van der Waals surface area contributed by atoms with E-state index >= 15 is 0 Å². The van der Waals surface area contributed by atoms with Crippen LogP contribution < -0.4 is 4.90 Å². The van der Waals surface area contributed by atoms with Crippen molar-refractivity contribution in [2.45, 2.75) is 11.3 Å². The molecule has 0 aromatic heterocycles. The first kappa shape index (κ1) is 12.9. The van der Waals surface area contributed by atoms with Crippen LogP contribution in [0.15, 0.2) is 53.4 Å². The van der Waals surface area contributed by atoms with Crippen molar-refractivity contribution < 1.29 is 9.59 Å². The number of nitrogens with zero attached hydrogens (tertiary/aromatic N) is 1. The quantitative estimate of drug-likeness (QED) is 0.627. The molecule has 2 aromatic rings. The number of hydrogen-bond acceptors (Lipinski definition) is 3. The molecule has 0 radical (unpaired) electrons. The van der Waals surface area contributed by atoms with Gasteiger partial charge in [0.15, 0.2) is 0 Å². The number of benzene rings is 2. The molecule has 0 spiro atoms. The molecule has 4 heteroatoms. The monoisotopic (exact) mass is 283 g/mol. The number of anilines is 1. The lowest BCUT2D eigenvalue weighted by molar-refractivity contribution is -0.117. The van der Waals surface area contributed by atoms with E-state index in [2.05, 4.69) is 0 Å². The fraction of sp³-hybridized carbons (Fsp3) is 0.125. The zero-order valence-electron chi connectivity index (χ0n) is 11.0. The molecule has 1 heterocycles. The van der Waals surface area contributed by atoms with E-state index in [1.165, 1.54) is 16.7 Å². The molecule has 2 amide bonds. The second-order valence-corrected chi connectivity index (χ2v) is 5.39. The third-order valence-electron chi connectivity index (χ3n) is 3.37. The number of hydrogen-bond donors (Lipinski definition) is 0. The highest BCUT2D eigenvalue weighted by molar-refractivity contribution is 7.98. The fourth-order valence-electron chi connectivity index (χ4n) is 2.42. The molecule has 3 rings (SSSR count). The summed E-state index contributed by atoms with van der Waals surface area (Å²) in [7, 11) is 0. The Kier molecular flexibility index (Phi) is 3.32. The summed E-state index contributed by atoms with van der Waals surface area (Å²) in [5, 5.41) is 0. The lowest BCUT2D eigenvalue weighted by atomic mass is 9.98. The molecule has 0 unspecified atom stereocenters. The van der Waals surface area contributed by atoms with Gasteiger partial charge in [0.2, 0.25) is 5.91 Å². The second-order valence-electron chi connectivity index (χ2n) is 4.54. The summed E-state index contributed by atoms with van der Waals surface area (Å²) >= 11 is 1.53.